The molecule has 0 spiro atoms. The van der Waals surface area contributed by atoms with Crippen LogP contribution in [0.1, 0.15) is 35.2 Å². The molecule has 24 heavy (non-hydrogen) atoms. The third kappa shape index (κ3) is 2.61. The van der Waals surface area contributed by atoms with Gasteiger partial charge in [0.15, 0.2) is 0 Å². The zero-order chi connectivity index (χ0) is 16.7. The van der Waals surface area contributed by atoms with Crippen LogP contribution in [0.4, 0.5) is 11.9 Å². The van der Waals surface area contributed by atoms with Crippen LogP contribution in [0.3, 0.4) is 0 Å². The smallest absolute Gasteiger partial charge is 0.241 e. The molecule has 1 aromatic heterocycles. The number of rotatable bonds is 2. The van der Waals surface area contributed by atoms with Gasteiger partial charge in [-0.25, -0.2) is 4.68 Å². The molecule has 0 radical (unpaired) electrons. The Balaban J connectivity index is 1.79. The molecule has 0 fully saturated rings. The quantitative estimate of drug-likeness (QED) is 0.741. The number of aryl methyl sites for hydroxylation is 1. The monoisotopic (exact) mass is 339 g/mol. The van der Waals surface area contributed by atoms with Gasteiger partial charge < -0.3 is 11.1 Å². The highest BCUT2D eigenvalue weighted by Crippen LogP contribution is 2.39. The second kappa shape index (κ2) is 5.83. The van der Waals surface area contributed by atoms with E-state index in [1.165, 1.54) is 11.1 Å². The van der Waals surface area contributed by atoms with E-state index in [-0.39, 0.29) is 18.0 Å². The number of halogens is 1. The number of benzene rings is 2. The van der Waals surface area contributed by atoms with Crippen molar-refractivity contribution in [3.63, 3.8) is 0 Å². The molecule has 0 amide bonds. The summed E-state index contributed by atoms with van der Waals surface area (Å²) in [4.78, 5) is 4.33. The summed E-state index contributed by atoms with van der Waals surface area (Å²) in [6.45, 7) is 2.09. The summed E-state index contributed by atoms with van der Waals surface area (Å²) in [5, 5.41) is 8.54. The standard InChI is InChI=1S/C18H18ClN5/c1-11-5-4-6-12(9-11)16-10-15(13-7-2-3-8-14(13)19)21-18-22-17(20)23-24(16)18/h2-9,15-16H,10H2,1H3,(H3,20,21,22,23)/t15-,16-/m1/s1. The van der Waals surface area contributed by atoms with Crippen LogP contribution in [0.15, 0.2) is 48.5 Å². The van der Waals surface area contributed by atoms with Crippen LogP contribution >= 0.6 is 11.6 Å². The number of nitrogen functional groups attached to an aromatic ring is 1. The third-order valence-electron chi connectivity index (χ3n) is 4.41. The molecule has 1 aliphatic rings. The number of hydrogen-bond acceptors (Lipinski definition) is 4. The van der Waals surface area contributed by atoms with Crippen molar-refractivity contribution in [2.24, 2.45) is 0 Å². The first-order valence-electron chi connectivity index (χ1n) is 7.91. The highest BCUT2D eigenvalue weighted by molar-refractivity contribution is 6.31. The lowest BCUT2D eigenvalue weighted by Crippen LogP contribution is -2.28. The molecular formula is C18H18ClN5. The molecule has 0 unspecified atom stereocenters. The number of fused-ring (bicyclic) bond motifs is 1. The molecule has 0 bridgehead atoms. The number of hydrogen-bond donors (Lipinski definition) is 2. The van der Waals surface area contributed by atoms with Crippen LogP contribution < -0.4 is 11.1 Å². The molecule has 2 heterocycles. The van der Waals surface area contributed by atoms with Crippen molar-refractivity contribution in [2.45, 2.75) is 25.4 Å². The van der Waals surface area contributed by atoms with Crippen LogP contribution in [0.2, 0.25) is 5.02 Å². The van der Waals surface area contributed by atoms with E-state index in [1.54, 1.807) is 0 Å². The zero-order valence-electron chi connectivity index (χ0n) is 13.3. The van der Waals surface area contributed by atoms with E-state index in [1.807, 2.05) is 28.9 Å². The summed E-state index contributed by atoms with van der Waals surface area (Å²) in [5.41, 5.74) is 9.31. The van der Waals surface area contributed by atoms with Gasteiger partial charge in [0.1, 0.15) is 0 Å². The Kier molecular flexibility index (Phi) is 3.65. The maximum atomic E-state index is 6.40. The summed E-state index contributed by atoms with van der Waals surface area (Å²) in [5.74, 6) is 0.949. The Labute approximate surface area is 145 Å². The van der Waals surface area contributed by atoms with Gasteiger partial charge in [0.05, 0.1) is 12.1 Å². The molecule has 5 nitrogen and oxygen atoms in total. The van der Waals surface area contributed by atoms with Gasteiger partial charge in [-0.05, 0) is 30.5 Å². The fourth-order valence-corrected chi connectivity index (χ4v) is 3.58. The highest BCUT2D eigenvalue weighted by Gasteiger charge is 2.31. The third-order valence-corrected chi connectivity index (χ3v) is 4.76. The Morgan fingerprint density at radius 3 is 2.83 bits per heavy atom. The molecule has 0 aliphatic carbocycles. The second-order valence-electron chi connectivity index (χ2n) is 6.12. The normalized spacial score (nSPS) is 19.6. The molecule has 4 rings (SSSR count). The topological polar surface area (TPSA) is 68.8 Å². The molecular weight excluding hydrogens is 322 g/mol. The zero-order valence-corrected chi connectivity index (χ0v) is 14.0. The molecule has 3 aromatic rings. The Bertz CT molecular complexity index is 889. The molecule has 1 aliphatic heterocycles. The SMILES string of the molecule is Cc1cccc([C@H]2C[C@H](c3ccccc3Cl)Nc3nc(N)nn32)c1. The van der Waals surface area contributed by atoms with Crippen LogP contribution in [-0.4, -0.2) is 14.8 Å². The van der Waals surface area contributed by atoms with Gasteiger partial charge in [-0.1, -0.05) is 59.6 Å². The van der Waals surface area contributed by atoms with Crippen molar-refractivity contribution < 1.29 is 0 Å². The summed E-state index contributed by atoms with van der Waals surface area (Å²) in [6, 6.07) is 16.5. The molecule has 0 saturated heterocycles. The van der Waals surface area contributed by atoms with Crippen LogP contribution in [-0.2, 0) is 0 Å². The predicted octanol–water partition coefficient (Wildman–Crippen LogP) is 3.97. The van der Waals surface area contributed by atoms with Gasteiger partial charge in [-0.3, -0.25) is 0 Å². The van der Waals surface area contributed by atoms with E-state index in [9.17, 15) is 0 Å². The fourth-order valence-electron chi connectivity index (χ4n) is 3.31. The van der Waals surface area contributed by atoms with Gasteiger partial charge in [0, 0.05) is 5.02 Å². The van der Waals surface area contributed by atoms with Crippen LogP contribution in [0, 0.1) is 6.92 Å². The van der Waals surface area contributed by atoms with E-state index in [0.717, 1.165) is 17.0 Å². The number of nitrogens with zero attached hydrogens (tertiary/aromatic N) is 3. The largest absolute Gasteiger partial charge is 0.366 e. The van der Waals surface area contributed by atoms with Gasteiger partial charge >= 0.3 is 0 Å². The summed E-state index contributed by atoms with van der Waals surface area (Å²) >= 11 is 6.40. The minimum Gasteiger partial charge on any atom is -0.366 e. The van der Waals surface area contributed by atoms with Gasteiger partial charge in [-0.2, -0.15) is 4.98 Å². The van der Waals surface area contributed by atoms with E-state index >= 15 is 0 Å². The fraction of sp³-hybridized carbons (Fsp3) is 0.222. The van der Waals surface area contributed by atoms with Crippen molar-refractivity contribution in [1.82, 2.24) is 14.8 Å². The van der Waals surface area contributed by atoms with E-state index in [0.29, 0.717) is 5.95 Å². The highest BCUT2D eigenvalue weighted by atomic mass is 35.5. The van der Waals surface area contributed by atoms with Crippen molar-refractivity contribution in [2.75, 3.05) is 11.1 Å². The number of aromatic nitrogens is 3. The number of nitrogens with two attached hydrogens (primary N) is 1. The predicted molar refractivity (Wildman–Crippen MR) is 96.2 cm³/mol. The first kappa shape index (κ1) is 15.0. The van der Waals surface area contributed by atoms with Crippen LogP contribution in [0.5, 0.6) is 0 Å². The summed E-state index contributed by atoms with van der Waals surface area (Å²) < 4.78 is 1.87. The number of anilines is 2. The van der Waals surface area contributed by atoms with Gasteiger partial charge in [-0.15, -0.1) is 5.10 Å². The van der Waals surface area contributed by atoms with E-state index < -0.39 is 0 Å². The Morgan fingerprint density at radius 1 is 1.21 bits per heavy atom. The Morgan fingerprint density at radius 2 is 2.04 bits per heavy atom. The Hall–Kier alpha value is -2.53. The lowest BCUT2D eigenvalue weighted by molar-refractivity contribution is 0.431. The minimum atomic E-state index is 0.0558. The summed E-state index contributed by atoms with van der Waals surface area (Å²) in [6.07, 6.45) is 0.822. The lowest BCUT2D eigenvalue weighted by atomic mass is 9.92. The first-order chi connectivity index (χ1) is 11.6. The average Bonchev–Trinajstić information content (AvgIpc) is 2.94. The van der Waals surface area contributed by atoms with E-state index in [2.05, 4.69) is 46.6 Å². The molecule has 6 heteroatoms. The van der Waals surface area contributed by atoms with Crippen molar-refractivity contribution in [3.8, 4) is 0 Å². The molecule has 0 saturated carbocycles. The molecule has 3 N–H and O–H groups in total. The molecule has 2 atom stereocenters. The average molecular weight is 340 g/mol. The lowest BCUT2D eigenvalue weighted by Gasteiger charge is -2.32. The van der Waals surface area contributed by atoms with E-state index in [4.69, 9.17) is 17.3 Å². The molecule has 2 aromatic carbocycles. The molecule has 122 valence electrons. The van der Waals surface area contributed by atoms with Crippen molar-refractivity contribution >= 4 is 23.5 Å². The minimum absolute atomic E-state index is 0.0558. The first-order valence-corrected chi connectivity index (χ1v) is 8.29. The summed E-state index contributed by atoms with van der Waals surface area (Å²) in [7, 11) is 0. The maximum absolute atomic E-state index is 6.40. The van der Waals surface area contributed by atoms with Gasteiger partial charge in [0.2, 0.25) is 11.9 Å². The van der Waals surface area contributed by atoms with Crippen molar-refractivity contribution in [3.05, 3.63) is 70.2 Å². The number of nitrogens with one attached hydrogen (secondary N) is 1. The van der Waals surface area contributed by atoms with Gasteiger partial charge in [0.25, 0.3) is 0 Å². The second-order valence-corrected chi connectivity index (χ2v) is 6.53. The maximum Gasteiger partial charge on any atom is 0.241 e. The van der Waals surface area contributed by atoms with Crippen molar-refractivity contribution in [1.29, 1.82) is 0 Å². The van der Waals surface area contributed by atoms with Crippen LogP contribution in [0.25, 0.3) is 0 Å².